The number of carboxylic acid groups (broad SMARTS) is 1. The minimum atomic E-state index is -1.02. The molecule has 0 bridgehead atoms. The maximum atomic E-state index is 12.6. The predicted octanol–water partition coefficient (Wildman–Crippen LogP) is 3.55. The summed E-state index contributed by atoms with van der Waals surface area (Å²) in [6.45, 7) is 1.72. The molecule has 2 aromatic rings. The van der Waals surface area contributed by atoms with Gasteiger partial charge in [-0.15, -0.1) is 0 Å². The lowest BCUT2D eigenvalue weighted by molar-refractivity contribution is -0.139. The van der Waals surface area contributed by atoms with Gasteiger partial charge in [-0.1, -0.05) is 24.3 Å². The number of carbonyl (C=O) groups excluding carboxylic acids is 1. The lowest BCUT2D eigenvalue weighted by Gasteiger charge is -2.27. The minimum absolute atomic E-state index is 0.132. The van der Waals surface area contributed by atoms with Crippen LogP contribution in [0.15, 0.2) is 28.7 Å². The van der Waals surface area contributed by atoms with Gasteiger partial charge in [-0.05, 0) is 62.5 Å². The summed E-state index contributed by atoms with van der Waals surface area (Å²) in [5.74, 6) is -0.360. The molecule has 142 valence electrons. The Morgan fingerprint density at radius 3 is 2.81 bits per heavy atom. The summed E-state index contributed by atoms with van der Waals surface area (Å²) in [6.07, 6.45) is 5.43. The van der Waals surface area contributed by atoms with Crippen LogP contribution in [0.1, 0.15) is 77.2 Å². The van der Waals surface area contributed by atoms with Crippen LogP contribution in [-0.4, -0.2) is 28.0 Å². The van der Waals surface area contributed by atoms with E-state index in [0.29, 0.717) is 23.9 Å². The first-order valence-electron chi connectivity index (χ1n) is 9.61. The summed E-state index contributed by atoms with van der Waals surface area (Å²) in [4.78, 5) is 28.7. The van der Waals surface area contributed by atoms with Crippen LogP contribution < -0.4 is 5.32 Å². The Labute approximate surface area is 158 Å². The highest BCUT2D eigenvalue weighted by molar-refractivity contribution is 5.95. The molecule has 2 unspecified atom stereocenters. The molecule has 6 nitrogen and oxygen atoms in total. The molecule has 2 atom stereocenters. The maximum Gasteiger partial charge on any atom is 0.326 e. The molecular weight excluding hydrogens is 344 g/mol. The van der Waals surface area contributed by atoms with Gasteiger partial charge in [0.1, 0.15) is 6.04 Å². The number of amides is 1. The number of nitrogens with zero attached hydrogens (tertiary/aromatic N) is 1. The van der Waals surface area contributed by atoms with E-state index in [0.717, 1.165) is 32.1 Å². The number of hydrogen-bond donors (Lipinski definition) is 2. The molecule has 2 aliphatic rings. The lowest BCUT2D eigenvalue weighted by Crippen LogP contribution is -2.42. The van der Waals surface area contributed by atoms with Crippen LogP contribution in [0.5, 0.6) is 0 Å². The van der Waals surface area contributed by atoms with E-state index in [4.69, 9.17) is 4.42 Å². The second-order valence-corrected chi connectivity index (χ2v) is 7.63. The standard InChI is InChI=1S/C21H24N2O4/c1-12-18(27-20(22-12)14-9-10-14)19(24)23-17(21(25)26)11-15-7-4-6-13-5-2-3-8-16(13)15/h2-3,5,8,14-15,17H,4,6-7,9-11H2,1H3,(H,23,24)(H,25,26). The van der Waals surface area contributed by atoms with Gasteiger partial charge < -0.3 is 14.8 Å². The zero-order chi connectivity index (χ0) is 19.0. The smallest absolute Gasteiger partial charge is 0.326 e. The molecule has 0 saturated heterocycles. The molecule has 1 aromatic carbocycles. The first kappa shape index (κ1) is 17.8. The van der Waals surface area contributed by atoms with Crippen LogP contribution in [0.4, 0.5) is 0 Å². The van der Waals surface area contributed by atoms with Crippen LogP contribution >= 0.6 is 0 Å². The third-order valence-electron chi connectivity index (χ3n) is 5.56. The second-order valence-electron chi connectivity index (χ2n) is 7.63. The summed E-state index contributed by atoms with van der Waals surface area (Å²) in [6, 6.07) is 7.22. The summed E-state index contributed by atoms with van der Waals surface area (Å²) in [5.41, 5.74) is 3.00. The zero-order valence-electron chi connectivity index (χ0n) is 15.4. The van der Waals surface area contributed by atoms with Gasteiger partial charge in [-0.3, -0.25) is 4.79 Å². The molecular formula is C21H24N2O4. The number of nitrogens with one attached hydrogen (secondary N) is 1. The van der Waals surface area contributed by atoms with Crippen LogP contribution in [0.25, 0.3) is 0 Å². The monoisotopic (exact) mass is 368 g/mol. The molecule has 1 saturated carbocycles. The number of rotatable bonds is 6. The molecule has 1 heterocycles. The van der Waals surface area contributed by atoms with Crippen LogP contribution in [0.2, 0.25) is 0 Å². The Bertz CT molecular complexity index is 869. The minimum Gasteiger partial charge on any atom is -0.480 e. The van der Waals surface area contributed by atoms with Crippen LogP contribution in [-0.2, 0) is 11.2 Å². The highest BCUT2D eigenvalue weighted by Crippen LogP contribution is 2.40. The SMILES string of the molecule is Cc1nc(C2CC2)oc1C(=O)NC(CC1CCCc2ccccc21)C(=O)O. The molecule has 2 N–H and O–H groups in total. The van der Waals surface area contributed by atoms with Crippen LogP contribution in [0, 0.1) is 6.92 Å². The Balaban J connectivity index is 1.49. The molecule has 1 fully saturated rings. The predicted molar refractivity (Wildman–Crippen MR) is 98.8 cm³/mol. The fraction of sp³-hybridized carbons (Fsp3) is 0.476. The van der Waals surface area contributed by atoms with Crippen molar-refractivity contribution in [2.75, 3.05) is 0 Å². The number of carboxylic acids is 1. The van der Waals surface area contributed by atoms with Crippen LogP contribution in [0.3, 0.4) is 0 Å². The zero-order valence-corrected chi connectivity index (χ0v) is 15.4. The Hall–Kier alpha value is -2.63. The van der Waals surface area contributed by atoms with Crippen molar-refractivity contribution in [1.29, 1.82) is 0 Å². The molecule has 1 aromatic heterocycles. The summed E-state index contributed by atoms with van der Waals surface area (Å²) < 4.78 is 5.61. The topological polar surface area (TPSA) is 92.4 Å². The first-order chi connectivity index (χ1) is 13.0. The van der Waals surface area contributed by atoms with Gasteiger partial charge in [0, 0.05) is 5.92 Å². The normalized spacial score (nSPS) is 20.0. The number of hydrogen-bond acceptors (Lipinski definition) is 4. The molecule has 1 amide bonds. The van der Waals surface area contributed by atoms with Crippen molar-refractivity contribution < 1.29 is 19.1 Å². The highest BCUT2D eigenvalue weighted by atomic mass is 16.4. The van der Waals surface area contributed by atoms with Crippen molar-refractivity contribution in [2.45, 2.75) is 63.3 Å². The highest BCUT2D eigenvalue weighted by Gasteiger charge is 2.33. The quantitative estimate of drug-likeness (QED) is 0.813. The number of aliphatic carboxylic acids is 1. The molecule has 2 aliphatic carbocycles. The van der Waals surface area contributed by atoms with E-state index in [9.17, 15) is 14.7 Å². The van der Waals surface area contributed by atoms with E-state index >= 15 is 0 Å². The van der Waals surface area contributed by atoms with E-state index in [-0.39, 0.29) is 11.7 Å². The van der Waals surface area contributed by atoms with Crippen molar-refractivity contribution in [2.24, 2.45) is 0 Å². The van der Waals surface area contributed by atoms with Gasteiger partial charge in [-0.25, -0.2) is 9.78 Å². The average Bonchev–Trinajstić information content (AvgIpc) is 3.43. The van der Waals surface area contributed by atoms with E-state index in [1.807, 2.05) is 12.1 Å². The number of fused-ring (bicyclic) bond motifs is 1. The van der Waals surface area contributed by atoms with Crippen molar-refractivity contribution >= 4 is 11.9 Å². The third kappa shape index (κ3) is 3.75. The van der Waals surface area contributed by atoms with Gasteiger partial charge in [0.15, 0.2) is 5.89 Å². The van der Waals surface area contributed by atoms with E-state index < -0.39 is 17.9 Å². The molecule has 6 heteroatoms. The fourth-order valence-electron chi connectivity index (χ4n) is 3.96. The van der Waals surface area contributed by atoms with Gasteiger partial charge >= 0.3 is 5.97 Å². The number of carbonyl (C=O) groups is 2. The van der Waals surface area contributed by atoms with Crippen molar-refractivity contribution in [3.63, 3.8) is 0 Å². The Morgan fingerprint density at radius 2 is 2.07 bits per heavy atom. The summed E-state index contributed by atoms with van der Waals surface area (Å²) in [7, 11) is 0. The van der Waals surface area contributed by atoms with Gasteiger partial charge in [-0.2, -0.15) is 0 Å². The maximum absolute atomic E-state index is 12.6. The Morgan fingerprint density at radius 1 is 1.30 bits per heavy atom. The number of oxazole rings is 1. The lowest BCUT2D eigenvalue weighted by atomic mass is 9.79. The third-order valence-corrected chi connectivity index (χ3v) is 5.56. The van der Waals surface area contributed by atoms with Gasteiger partial charge in [0.25, 0.3) is 5.91 Å². The summed E-state index contributed by atoms with van der Waals surface area (Å²) >= 11 is 0. The van der Waals surface area contributed by atoms with Gasteiger partial charge in [0.2, 0.25) is 5.76 Å². The fourth-order valence-corrected chi connectivity index (χ4v) is 3.96. The van der Waals surface area contributed by atoms with Gasteiger partial charge in [0.05, 0.1) is 5.69 Å². The number of benzene rings is 1. The average molecular weight is 368 g/mol. The molecule has 0 spiro atoms. The molecule has 27 heavy (non-hydrogen) atoms. The number of aromatic nitrogens is 1. The van der Waals surface area contributed by atoms with E-state index in [2.05, 4.69) is 22.4 Å². The Kier molecular flexibility index (Phi) is 4.72. The largest absolute Gasteiger partial charge is 0.480 e. The van der Waals surface area contributed by atoms with E-state index in [1.54, 1.807) is 6.92 Å². The van der Waals surface area contributed by atoms with Crippen molar-refractivity contribution in [3.8, 4) is 0 Å². The second kappa shape index (κ2) is 7.18. The van der Waals surface area contributed by atoms with Crippen molar-refractivity contribution in [1.82, 2.24) is 10.3 Å². The number of aryl methyl sites for hydroxylation is 2. The molecule has 0 radical (unpaired) electrons. The van der Waals surface area contributed by atoms with E-state index in [1.165, 1.54) is 11.1 Å². The molecule has 0 aliphatic heterocycles. The first-order valence-corrected chi connectivity index (χ1v) is 9.61. The van der Waals surface area contributed by atoms with Crippen molar-refractivity contribution in [3.05, 3.63) is 52.7 Å². The summed E-state index contributed by atoms with van der Waals surface area (Å²) in [5, 5.41) is 12.3. The molecule has 4 rings (SSSR count).